The number of halogens is 4. The Balaban J connectivity index is 1.70. The molecule has 0 spiro atoms. The van der Waals surface area contributed by atoms with Crippen LogP contribution < -0.4 is 20.7 Å². The normalized spacial score (nSPS) is 11.2. The predicted octanol–water partition coefficient (Wildman–Crippen LogP) is 3.79. The standard InChI is InChI=1S/C22H21F4N5O2/c1-31(12-16-4-2-3-5-17(16)33-22(24,25)26)21-19(23)20(29-13-30-21)28-11-15-8-6-14(7-9-15)10-18(27)32/h2-9,13H,10-12H2,1H3,(H2,27,32)(H,28,29,30). The van der Waals surface area contributed by atoms with Crippen LogP contribution in [0.1, 0.15) is 16.7 Å². The SMILES string of the molecule is CN(Cc1ccccc1OC(F)(F)F)c1ncnc(NCc2ccc(CC(N)=O)cc2)c1F. The molecular weight excluding hydrogens is 442 g/mol. The number of ether oxygens (including phenoxy) is 1. The first-order chi connectivity index (χ1) is 15.6. The van der Waals surface area contributed by atoms with Crippen molar-refractivity contribution in [3.05, 3.63) is 77.4 Å². The molecule has 0 aliphatic carbocycles. The average Bonchev–Trinajstić information content (AvgIpc) is 2.74. The smallest absolute Gasteiger partial charge is 0.405 e. The van der Waals surface area contributed by atoms with E-state index in [1.807, 2.05) is 0 Å². The second-order valence-electron chi connectivity index (χ2n) is 7.18. The Morgan fingerprint density at radius 2 is 1.76 bits per heavy atom. The Morgan fingerprint density at radius 3 is 2.42 bits per heavy atom. The van der Waals surface area contributed by atoms with Crippen LogP contribution in [0.25, 0.3) is 0 Å². The van der Waals surface area contributed by atoms with Gasteiger partial charge in [-0.15, -0.1) is 13.2 Å². The lowest BCUT2D eigenvalue weighted by Gasteiger charge is -2.21. The number of carbonyl (C=O) groups is 1. The number of carbonyl (C=O) groups excluding carboxylic acids is 1. The molecule has 3 aromatic rings. The van der Waals surface area contributed by atoms with Gasteiger partial charge in [-0.2, -0.15) is 4.39 Å². The summed E-state index contributed by atoms with van der Waals surface area (Å²) in [6.07, 6.45) is -3.56. The van der Waals surface area contributed by atoms with Crippen molar-refractivity contribution in [1.29, 1.82) is 0 Å². The van der Waals surface area contributed by atoms with Crippen LogP contribution in [0.4, 0.5) is 29.2 Å². The van der Waals surface area contributed by atoms with Gasteiger partial charge in [-0.25, -0.2) is 9.97 Å². The van der Waals surface area contributed by atoms with Crippen molar-refractivity contribution in [3.8, 4) is 5.75 Å². The zero-order valence-corrected chi connectivity index (χ0v) is 17.6. The summed E-state index contributed by atoms with van der Waals surface area (Å²) < 4.78 is 57.0. The number of amides is 1. The molecule has 3 N–H and O–H groups in total. The molecule has 3 rings (SSSR count). The summed E-state index contributed by atoms with van der Waals surface area (Å²) in [4.78, 5) is 20.2. The number of nitrogens with two attached hydrogens (primary N) is 1. The van der Waals surface area contributed by atoms with Gasteiger partial charge in [-0.3, -0.25) is 4.79 Å². The van der Waals surface area contributed by atoms with E-state index < -0.39 is 18.1 Å². The zero-order valence-electron chi connectivity index (χ0n) is 17.6. The fraction of sp³-hybridized carbons (Fsp3) is 0.227. The largest absolute Gasteiger partial charge is 0.573 e. The van der Waals surface area contributed by atoms with Crippen LogP contribution in [0.3, 0.4) is 0 Å². The second-order valence-corrected chi connectivity index (χ2v) is 7.18. The molecule has 0 aliphatic heterocycles. The molecule has 0 fully saturated rings. The number of nitrogens with one attached hydrogen (secondary N) is 1. The molecule has 1 aromatic heterocycles. The van der Waals surface area contributed by atoms with E-state index in [0.717, 1.165) is 17.5 Å². The molecule has 0 saturated carbocycles. The lowest BCUT2D eigenvalue weighted by molar-refractivity contribution is -0.274. The van der Waals surface area contributed by atoms with Crippen molar-refractivity contribution < 1.29 is 27.1 Å². The minimum atomic E-state index is -4.84. The van der Waals surface area contributed by atoms with Gasteiger partial charge in [0.25, 0.3) is 0 Å². The van der Waals surface area contributed by atoms with Gasteiger partial charge in [0.2, 0.25) is 11.7 Å². The zero-order chi connectivity index (χ0) is 24.0. The third-order valence-electron chi connectivity index (χ3n) is 4.60. The van der Waals surface area contributed by atoms with Gasteiger partial charge >= 0.3 is 6.36 Å². The molecule has 0 radical (unpaired) electrons. The van der Waals surface area contributed by atoms with Crippen LogP contribution in [0.2, 0.25) is 0 Å². The van der Waals surface area contributed by atoms with Crippen LogP contribution in [-0.4, -0.2) is 29.3 Å². The van der Waals surface area contributed by atoms with Crippen molar-refractivity contribution in [2.75, 3.05) is 17.3 Å². The topological polar surface area (TPSA) is 93.4 Å². The number of anilines is 2. The van der Waals surface area contributed by atoms with E-state index in [0.29, 0.717) is 0 Å². The quantitative estimate of drug-likeness (QED) is 0.469. The third-order valence-corrected chi connectivity index (χ3v) is 4.60. The van der Waals surface area contributed by atoms with Crippen molar-refractivity contribution in [2.24, 2.45) is 5.73 Å². The first-order valence-electron chi connectivity index (χ1n) is 9.77. The summed E-state index contributed by atoms with van der Waals surface area (Å²) in [5.74, 6) is -1.71. The average molecular weight is 463 g/mol. The highest BCUT2D eigenvalue weighted by atomic mass is 19.4. The van der Waals surface area contributed by atoms with Crippen LogP contribution in [0.15, 0.2) is 54.9 Å². The number of nitrogens with zero attached hydrogens (tertiary/aromatic N) is 3. The van der Waals surface area contributed by atoms with E-state index in [1.54, 1.807) is 30.3 Å². The summed E-state index contributed by atoms with van der Waals surface area (Å²) in [6, 6.07) is 12.7. The van der Waals surface area contributed by atoms with Gasteiger partial charge < -0.3 is 20.7 Å². The highest BCUT2D eigenvalue weighted by Gasteiger charge is 2.32. The number of aromatic nitrogens is 2. The van der Waals surface area contributed by atoms with Crippen LogP contribution in [0.5, 0.6) is 5.75 Å². The molecule has 11 heteroatoms. The van der Waals surface area contributed by atoms with Crippen molar-refractivity contribution in [3.63, 3.8) is 0 Å². The summed E-state index contributed by atoms with van der Waals surface area (Å²) in [6.45, 7) is 0.164. The van der Waals surface area contributed by atoms with Gasteiger partial charge in [0.15, 0.2) is 11.6 Å². The van der Waals surface area contributed by atoms with Gasteiger partial charge in [0.1, 0.15) is 12.1 Å². The summed E-state index contributed by atoms with van der Waals surface area (Å²) >= 11 is 0. The van der Waals surface area contributed by atoms with E-state index in [-0.39, 0.29) is 42.5 Å². The Morgan fingerprint density at radius 1 is 1.09 bits per heavy atom. The van der Waals surface area contributed by atoms with Crippen LogP contribution >= 0.6 is 0 Å². The second kappa shape index (κ2) is 10.2. The van der Waals surface area contributed by atoms with Gasteiger partial charge in [-0.05, 0) is 17.2 Å². The Hall–Kier alpha value is -3.89. The molecule has 0 unspecified atom stereocenters. The van der Waals surface area contributed by atoms with E-state index >= 15 is 4.39 Å². The van der Waals surface area contributed by atoms with E-state index in [4.69, 9.17) is 5.73 Å². The molecule has 33 heavy (non-hydrogen) atoms. The maximum Gasteiger partial charge on any atom is 0.573 e. The molecular formula is C22H21F4N5O2. The Labute approximate surface area is 187 Å². The fourth-order valence-electron chi connectivity index (χ4n) is 3.10. The highest BCUT2D eigenvalue weighted by molar-refractivity contribution is 5.76. The molecule has 1 heterocycles. The Kier molecular flexibility index (Phi) is 7.31. The lowest BCUT2D eigenvalue weighted by Crippen LogP contribution is -2.23. The maximum absolute atomic E-state index is 15.0. The molecule has 2 aromatic carbocycles. The summed E-state index contributed by atoms with van der Waals surface area (Å²) in [7, 11) is 1.50. The monoisotopic (exact) mass is 463 g/mol. The predicted molar refractivity (Wildman–Crippen MR) is 114 cm³/mol. The molecule has 0 atom stereocenters. The fourth-order valence-corrected chi connectivity index (χ4v) is 3.10. The summed E-state index contributed by atoms with van der Waals surface area (Å²) in [5, 5.41) is 2.87. The van der Waals surface area contributed by atoms with Crippen LogP contribution in [0, 0.1) is 5.82 Å². The molecule has 0 aliphatic rings. The number of rotatable bonds is 9. The first-order valence-corrected chi connectivity index (χ1v) is 9.77. The number of hydrogen-bond donors (Lipinski definition) is 2. The lowest BCUT2D eigenvalue weighted by atomic mass is 10.1. The number of benzene rings is 2. The van der Waals surface area contributed by atoms with Gasteiger partial charge in [0, 0.05) is 25.7 Å². The minimum absolute atomic E-state index is 0.0621. The number of primary amides is 1. The van der Waals surface area contributed by atoms with E-state index in [9.17, 15) is 18.0 Å². The summed E-state index contributed by atoms with van der Waals surface area (Å²) in [5.41, 5.74) is 6.95. The highest BCUT2D eigenvalue weighted by Crippen LogP contribution is 2.29. The number of alkyl halides is 3. The Bertz CT molecular complexity index is 1110. The minimum Gasteiger partial charge on any atom is -0.405 e. The molecule has 7 nitrogen and oxygen atoms in total. The van der Waals surface area contributed by atoms with Crippen molar-refractivity contribution in [1.82, 2.24) is 9.97 Å². The van der Waals surface area contributed by atoms with Crippen LogP contribution in [-0.2, 0) is 24.3 Å². The molecule has 1 amide bonds. The van der Waals surface area contributed by atoms with E-state index in [2.05, 4.69) is 20.0 Å². The number of hydrogen-bond acceptors (Lipinski definition) is 6. The van der Waals surface area contributed by atoms with Crippen molar-refractivity contribution >= 4 is 17.5 Å². The van der Waals surface area contributed by atoms with Gasteiger partial charge in [0.05, 0.1) is 6.42 Å². The molecule has 0 bridgehead atoms. The number of para-hydroxylation sites is 1. The third kappa shape index (κ3) is 6.79. The van der Waals surface area contributed by atoms with Gasteiger partial charge in [-0.1, -0.05) is 42.5 Å². The molecule has 0 saturated heterocycles. The van der Waals surface area contributed by atoms with Crippen molar-refractivity contribution in [2.45, 2.75) is 25.9 Å². The first kappa shape index (κ1) is 23.8. The maximum atomic E-state index is 15.0. The molecule has 174 valence electrons. The van der Waals surface area contributed by atoms with E-state index in [1.165, 1.54) is 30.1 Å².